The van der Waals surface area contributed by atoms with Crippen LogP contribution in [0.25, 0.3) is 43.9 Å². The van der Waals surface area contributed by atoms with E-state index < -0.39 is 142 Å². The van der Waals surface area contributed by atoms with Crippen LogP contribution in [0.2, 0.25) is 0 Å². The van der Waals surface area contributed by atoms with Crippen LogP contribution in [0.1, 0.15) is 75.1 Å². The lowest BCUT2D eigenvalue weighted by Gasteiger charge is -2.22. The van der Waals surface area contributed by atoms with Crippen molar-refractivity contribution in [3.63, 3.8) is 0 Å². The molecule has 2 unspecified atom stereocenters. The van der Waals surface area contributed by atoms with Crippen LogP contribution >= 0.6 is 0 Å². The predicted octanol–water partition coefficient (Wildman–Crippen LogP) is 8.24. The molecule has 158 valence electrons. The van der Waals surface area contributed by atoms with Gasteiger partial charge in [0.2, 0.25) is 0 Å². The van der Waals surface area contributed by atoms with Gasteiger partial charge in [0.05, 0.1) is 23.2 Å². The van der Waals surface area contributed by atoms with Crippen molar-refractivity contribution >= 4 is 27.6 Å². The van der Waals surface area contributed by atoms with Crippen LogP contribution in [0.4, 0.5) is 5.69 Å². The molecule has 4 heteroatoms. The summed E-state index contributed by atoms with van der Waals surface area (Å²) in [7, 11) is 0. The molecule has 0 saturated carbocycles. The Hall–Kier alpha value is -3.84. The number of hydrogen-bond acceptors (Lipinski definition) is 2. The highest BCUT2D eigenvalue weighted by Gasteiger charge is 2.24. The van der Waals surface area contributed by atoms with E-state index in [0.29, 0.717) is 4.57 Å². The summed E-state index contributed by atoms with van der Waals surface area (Å²) in [6, 6.07) is -4.97. The molecule has 0 saturated heterocycles. The molecule has 0 radical (unpaired) electrons. The number of aromatic nitrogens is 2. The van der Waals surface area contributed by atoms with E-state index in [1.807, 2.05) is 0 Å². The lowest BCUT2D eigenvalue weighted by Crippen LogP contribution is -2.08. The monoisotopic (exact) mass is 437 g/mol. The van der Waals surface area contributed by atoms with Crippen molar-refractivity contribution in [2.24, 2.45) is 0 Å². The summed E-state index contributed by atoms with van der Waals surface area (Å²) in [5.41, 5.74) is -4.84. The van der Waals surface area contributed by atoms with Crippen LogP contribution in [0.15, 0.2) is 71.2 Å². The van der Waals surface area contributed by atoms with Crippen LogP contribution in [0.3, 0.4) is 0 Å². The summed E-state index contributed by atoms with van der Waals surface area (Å²) in [5, 5.41) is -1.01. The molecule has 2 heterocycles. The summed E-state index contributed by atoms with van der Waals surface area (Å²) in [6.45, 7) is 2.53. The number of para-hydroxylation sites is 1. The van der Waals surface area contributed by atoms with Crippen molar-refractivity contribution in [2.45, 2.75) is 39.3 Å². The average Bonchev–Trinajstić information content (AvgIpc) is 3.53. The Kier molecular flexibility index (Phi) is 1.98. The van der Waals surface area contributed by atoms with E-state index in [4.69, 9.17) is 31.6 Å². The molecule has 0 fully saturated rings. The average molecular weight is 438 g/mol. The quantitative estimate of drug-likeness (QED) is 0.265. The van der Waals surface area contributed by atoms with Crippen molar-refractivity contribution in [1.29, 1.82) is 0 Å². The van der Waals surface area contributed by atoms with Gasteiger partial charge in [-0.3, -0.25) is 4.57 Å². The molecular formula is C28H25N3O. The maximum absolute atomic E-state index is 9.38. The topological polar surface area (TPSA) is 35.3 Å². The fourth-order valence-electron chi connectivity index (χ4n) is 3.50. The summed E-state index contributed by atoms with van der Waals surface area (Å²) in [6.07, 6.45) is -1.78. The SMILES string of the molecule is [2H]c1cc(-c2nc([2H])c([2H])n2-c2c(C([2H])(C)C([2H])([2H])[2H])c([2H])c3c(oc4c([2H])c([2H])c([2H])c([2H])c43)c2C([2H])(C)C([2H])([2H])[2H])c([2H])c([N+]#[C-])c1[2H]. The molecule has 0 bridgehead atoms. The Morgan fingerprint density at radius 2 is 1.97 bits per heavy atom. The molecule has 32 heavy (non-hydrogen) atoms. The number of imidazole rings is 1. The minimum Gasteiger partial charge on any atom is -0.456 e. The second kappa shape index (κ2) is 7.69. The van der Waals surface area contributed by atoms with Crippen molar-refractivity contribution in [1.82, 2.24) is 9.55 Å². The van der Waals surface area contributed by atoms with Gasteiger partial charge in [0.25, 0.3) is 0 Å². The second-order valence-electron chi connectivity index (χ2n) is 6.89. The van der Waals surface area contributed by atoms with E-state index >= 15 is 0 Å². The Morgan fingerprint density at radius 1 is 1.12 bits per heavy atom. The second-order valence-corrected chi connectivity index (χ2v) is 6.89. The summed E-state index contributed by atoms with van der Waals surface area (Å²) in [5.74, 6) is -6.46. The van der Waals surface area contributed by atoms with Crippen LogP contribution in [0.5, 0.6) is 0 Å². The van der Waals surface area contributed by atoms with E-state index in [9.17, 15) is 4.11 Å². The van der Waals surface area contributed by atoms with Gasteiger partial charge in [-0.2, -0.15) is 0 Å². The van der Waals surface area contributed by atoms with Crippen molar-refractivity contribution in [3.8, 4) is 17.1 Å². The fraction of sp³-hybridized carbons (Fsp3) is 0.214. The summed E-state index contributed by atoms with van der Waals surface area (Å²) < 4.78 is 160. The molecular weight excluding hydrogens is 394 g/mol. The van der Waals surface area contributed by atoms with Crippen LogP contribution in [0, 0.1) is 6.57 Å². The minimum absolute atomic E-state index is 0.446. The fourth-order valence-corrected chi connectivity index (χ4v) is 3.50. The minimum atomic E-state index is -3.34. The lowest BCUT2D eigenvalue weighted by molar-refractivity contribution is 0.654. The maximum Gasteiger partial charge on any atom is 0.187 e. The van der Waals surface area contributed by atoms with Crippen LogP contribution in [-0.2, 0) is 0 Å². The van der Waals surface area contributed by atoms with E-state index in [1.165, 1.54) is 0 Å². The van der Waals surface area contributed by atoms with E-state index in [2.05, 4.69) is 9.83 Å². The van der Waals surface area contributed by atoms with Crippen molar-refractivity contribution < 1.29 is 29.1 Å². The van der Waals surface area contributed by atoms with Crippen LogP contribution in [-0.4, -0.2) is 9.55 Å². The Bertz CT molecular complexity index is 2320. The first-order chi connectivity index (χ1) is 22.7. The zero-order chi connectivity index (χ0) is 38.0. The molecule has 2 aromatic heterocycles. The largest absolute Gasteiger partial charge is 0.456 e. The van der Waals surface area contributed by atoms with Gasteiger partial charge < -0.3 is 4.42 Å². The number of hydrogen-bond donors (Lipinski definition) is 0. The molecule has 4 nitrogen and oxygen atoms in total. The Morgan fingerprint density at radius 3 is 2.78 bits per heavy atom. The normalized spacial score (nSPS) is 24.2. The third-order valence-electron chi connectivity index (χ3n) is 4.81. The molecule has 3 aromatic carbocycles. The van der Waals surface area contributed by atoms with E-state index in [-0.39, 0.29) is 0 Å². The summed E-state index contributed by atoms with van der Waals surface area (Å²) in [4.78, 5) is 7.15. The Labute approximate surface area is 213 Å². The van der Waals surface area contributed by atoms with Gasteiger partial charge in [-0.1, -0.05) is 63.8 Å². The smallest absolute Gasteiger partial charge is 0.187 e. The Balaban J connectivity index is 2.24. The highest BCUT2D eigenvalue weighted by atomic mass is 16.3. The molecule has 0 aliphatic carbocycles. The van der Waals surface area contributed by atoms with Crippen molar-refractivity contribution in [2.75, 3.05) is 0 Å². The molecule has 0 spiro atoms. The van der Waals surface area contributed by atoms with Crippen molar-refractivity contribution in [3.05, 3.63) is 89.3 Å². The van der Waals surface area contributed by atoms with Gasteiger partial charge in [0, 0.05) is 48.0 Å². The molecule has 5 aromatic rings. The number of benzene rings is 3. The molecule has 0 aliphatic heterocycles. The van der Waals surface area contributed by atoms with Gasteiger partial charge in [0.1, 0.15) is 17.0 Å². The molecule has 5 rings (SSSR count). The number of fused-ring (bicyclic) bond motifs is 3. The zero-order valence-electron chi connectivity index (χ0n) is 34.8. The first kappa shape index (κ1) is 8.26. The molecule has 0 N–H and O–H groups in total. The number of rotatable bonds is 4. The molecule has 0 amide bonds. The predicted molar refractivity (Wildman–Crippen MR) is 131 cm³/mol. The van der Waals surface area contributed by atoms with Gasteiger partial charge >= 0.3 is 0 Å². The first-order valence-corrected chi connectivity index (χ1v) is 9.30. The summed E-state index contributed by atoms with van der Waals surface area (Å²) >= 11 is 0. The standard InChI is InChI=1S/C28H25N3O/c1-17(2)22-16-23-21-11-6-7-12-24(21)32-27(23)25(18(3)4)26(22)31-14-13-30-28(31)19-9-8-10-20(15-19)29-5/h6-18H,1-4H3/i1D3,3D3,6D,7D,8D,10D,11D,12D,13D,14D,15D,16D,17D,18D. The van der Waals surface area contributed by atoms with Gasteiger partial charge in [-0.05, 0) is 35.5 Å². The van der Waals surface area contributed by atoms with Gasteiger partial charge in [0.15, 0.2) is 5.69 Å². The highest BCUT2D eigenvalue weighted by molar-refractivity contribution is 6.07. The molecule has 0 aliphatic rings. The zero-order valence-corrected chi connectivity index (χ0v) is 16.8. The third kappa shape index (κ3) is 3.09. The third-order valence-corrected chi connectivity index (χ3v) is 4.81. The van der Waals surface area contributed by atoms with Crippen LogP contribution < -0.4 is 0 Å². The van der Waals surface area contributed by atoms with Gasteiger partial charge in [-0.15, -0.1) is 0 Å². The maximum atomic E-state index is 9.38. The first-order valence-electron chi connectivity index (χ1n) is 18.3. The number of furan rings is 1. The van der Waals surface area contributed by atoms with E-state index in [1.54, 1.807) is 0 Å². The highest BCUT2D eigenvalue weighted by Crippen LogP contribution is 2.42. The van der Waals surface area contributed by atoms with Gasteiger partial charge in [-0.25, -0.2) is 9.83 Å². The lowest BCUT2D eigenvalue weighted by atomic mass is 9.89. The van der Waals surface area contributed by atoms with E-state index in [0.717, 1.165) is 19.9 Å². The number of nitrogens with zero attached hydrogens (tertiary/aromatic N) is 3. The molecule has 2 atom stereocenters.